The molecule has 0 saturated carbocycles. The van der Waals surface area contributed by atoms with Crippen molar-refractivity contribution in [3.63, 3.8) is 0 Å². The minimum Gasteiger partial charge on any atom is -0.348 e. The number of nitrogens with one attached hydrogen (secondary N) is 1. The summed E-state index contributed by atoms with van der Waals surface area (Å²) >= 11 is 0. The molecule has 1 aromatic heterocycles. The Morgan fingerprint density at radius 2 is 2.00 bits per heavy atom. The zero-order valence-electron chi connectivity index (χ0n) is 12.1. The third-order valence-corrected chi connectivity index (χ3v) is 3.38. The molecule has 2 rings (SSSR count). The molecule has 1 heterocycles. The number of aromatic nitrogens is 2. The van der Waals surface area contributed by atoms with Gasteiger partial charge in [0, 0.05) is 26.3 Å². The van der Waals surface area contributed by atoms with Crippen molar-refractivity contribution in [1.29, 1.82) is 0 Å². The number of nitrogens with zero attached hydrogens (tertiary/aromatic N) is 2. The summed E-state index contributed by atoms with van der Waals surface area (Å²) < 4.78 is 1.61. The van der Waals surface area contributed by atoms with Gasteiger partial charge in [-0.3, -0.25) is 9.48 Å². The fraction of sp³-hybridized carbons (Fsp3) is 0.333. The van der Waals surface area contributed by atoms with Gasteiger partial charge in [0.25, 0.3) is 5.91 Å². The van der Waals surface area contributed by atoms with Crippen LogP contribution in [0.4, 0.5) is 0 Å². The molecule has 0 spiro atoms. The summed E-state index contributed by atoms with van der Waals surface area (Å²) in [5.74, 6) is -0.111. The van der Waals surface area contributed by atoms with E-state index in [1.54, 1.807) is 24.1 Å². The van der Waals surface area contributed by atoms with E-state index in [1.807, 2.05) is 13.8 Å². The Kier molecular flexibility index (Phi) is 4.20. The summed E-state index contributed by atoms with van der Waals surface area (Å²) in [5, 5.41) is 6.92. The van der Waals surface area contributed by atoms with Crippen LogP contribution < -0.4 is 11.1 Å². The Balaban J connectivity index is 2.09. The average molecular weight is 272 g/mol. The lowest BCUT2D eigenvalue weighted by atomic mass is 9.99. The summed E-state index contributed by atoms with van der Waals surface area (Å²) in [4.78, 5) is 12.0. The lowest BCUT2D eigenvalue weighted by Crippen LogP contribution is -2.23. The largest absolute Gasteiger partial charge is 0.348 e. The molecule has 1 aromatic carbocycles. The van der Waals surface area contributed by atoms with Crippen LogP contribution in [0.25, 0.3) is 0 Å². The Labute approximate surface area is 118 Å². The molecule has 0 saturated heterocycles. The molecule has 5 heteroatoms. The third kappa shape index (κ3) is 3.05. The van der Waals surface area contributed by atoms with Crippen LogP contribution in [0.3, 0.4) is 0 Å². The van der Waals surface area contributed by atoms with Crippen molar-refractivity contribution in [2.24, 2.45) is 12.8 Å². The van der Waals surface area contributed by atoms with Gasteiger partial charge in [-0.05, 0) is 36.1 Å². The van der Waals surface area contributed by atoms with Crippen molar-refractivity contribution in [2.75, 3.05) is 0 Å². The van der Waals surface area contributed by atoms with Crippen molar-refractivity contribution >= 4 is 5.91 Å². The van der Waals surface area contributed by atoms with Gasteiger partial charge in [0.2, 0.25) is 0 Å². The van der Waals surface area contributed by atoms with Crippen molar-refractivity contribution in [3.8, 4) is 0 Å². The highest BCUT2D eigenvalue weighted by Gasteiger charge is 2.10. The zero-order valence-corrected chi connectivity index (χ0v) is 12.1. The van der Waals surface area contributed by atoms with E-state index in [0.29, 0.717) is 18.7 Å². The van der Waals surface area contributed by atoms with E-state index in [9.17, 15) is 4.79 Å². The van der Waals surface area contributed by atoms with Crippen molar-refractivity contribution < 1.29 is 4.79 Å². The fourth-order valence-corrected chi connectivity index (χ4v) is 2.29. The first kappa shape index (κ1) is 14.3. The van der Waals surface area contributed by atoms with Crippen molar-refractivity contribution in [1.82, 2.24) is 15.1 Å². The monoisotopic (exact) mass is 272 g/mol. The second-order valence-corrected chi connectivity index (χ2v) is 5.00. The molecule has 0 bridgehead atoms. The normalized spacial score (nSPS) is 10.6. The number of hydrogen-bond acceptors (Lipinski definition) is 3. The number of rotatable bonds is 4. The molecule has 0 aliphatic heterocycles. The minimum absolute atomic E-state index is 0.111. The third-order valence-electron chi connectivity index (χ3n) is 3.38. The van der Waals surface area contributed by atoms with Crippen LogP contribution in [0.15, 0.2) is 24.5 Å². The number of hydrogen-bond donors (Lipinski definition) is 2. The van der Waals surface area contributed by atoms with E-state index >= 15 is 0 Å². The number of benzene rings is 1. The molecule has 0 aliphatic carbocycles. The van der Waals surface area contributed by atoms with Crippen LogP contribution in [0, 0.1) is 13.8 Å². The number of aryl methyl sites for hydroxylation is 3. The molecular formula is C15H20N4O. The molecule has 0 atom stereocenters. The molecule has 20 heavy (non-hydrogen) atoms. The van der Waals surface area contributed by atoms with Crippen LogP contribution in [-0.4, -0.2) is 15.7 Å². The molecule has 3 N–H and O–H groups in total. The van der Waals surface area contributed by atoms with Gasteiger partial charge < -0.3 is 11.1 Å². The second kappa shape index (κ2) is 5.88. The van der Waals surface area contributed by atoms with E-state index in [2.05, 4.69) is 22.5 Å². The highest BCUT2D eigenvalue weighted by atomic mass is 16.1. The number of carbonyl (C=O) groups is 1. The summed E-state index contributed by atoms with van der Waals surface area (Å²) in [6, 6.07) is 4.14. The van der Waals surface area contributed by atoms with Gasteiger partial charge in [0.15, 0.2) is 0 Å². The van der Waals surface area contributed by atoms with Gasteiger partial charge in [0.1, 0.15) is 0 Å². The molecule has 0 fully saturated rings. The minimum atomic E-state index is -0.111. The quantitative estimate of drug-likeness (QED) is 0.884. The average Bonchev–Trinajstić information content (AvgIpc) is 2.84. The molecule has 5 nitrogen and oxygen atoms in total. The summed E-state index contributed by atoms with van der Waals surface area (Å²) in [6.07, 6.45) is 3.26. The van der Waals surface area contributed by atoms with Gasteiger partial charge in [-0.2, -0.15) is 5.10 Å². The first-order valence-corrected chi connectivity index (χ1v) is 6.57. The van der Waals surface area contributed by atoms with E-state index in [4.69, 9.17) is 5.73 Å². The van der Waals surface area contributed by atoms with Crippen molar-refractivity contribution in [3.05, 3.63) is 52.3 Å². The lowest BCUT2D eigenvalue weighted by Gasteiger charge is -2.12. The topological polar surface area (TPSA) is 72.9 Å². The molecule has 2 aromatic rings. The Morgan fingerprint density at radius 1 is 1.35 bits per heavy atom. The maximum atomic E-state index is 12.0. The maximum Gasteiger partial charge on any atom is 0.254 e. The second-order valence-electron chi connectivity index (χ2n) is 5.00. The fourth-order valence-electron chi connectivity index (χ4n) is 2.29. The van der Waals surface area contributed by atoms with Gasteiger partial charge >= 0.3 is 0 Å². The standard InChI is InChI=1S/C15H20N4O/c1-10-4-12(6-16)5-11(2)14(10)8-17-15(20)13-7-18-19(3)9-13/h4-5,7,9H,6,8,16H2,1-3H3,(H,17,20). The van der Waals surface area contributed by atoms with Gasteiger partial charge in [-0.15, -0.1) is 0 Å². The van der Waals surface area contributed by atoms with Crippen molar-refractivity contribution in [2.45, 2.75) is 26.9 Å². The van der Waals surface area contributed by atoms with E-state index in [0.717, 1.165) is 22.3 Å². The first-order chi connectivity index (χ1) is 9.51. The molecule has 106 valence electrons. The molecule has 0 aliphatic rings. The van der Waals surface area contributed by atoms with E-state index in [-0.39, 0.29) is 5.91 Å². The Bertz CT molecular complexity index is 608. The smallest absolute Gasteiger partial charge is 0.254 e. The van der Waals surface area contributed by atoms with Crippen LogP contribution in [0.2, 0.25) is 0 Å². The lowest BCUT2D eigenvalue weighted by molar-refractivity contribution is 0.0951. The van der Waals surface area contributed by atoms with Gasteiger partial charge in [-0.1, -0.05) is 12.1 Å². The molecule has 1 amide bonds. The van der Waals surface area contributed by atoms with Gasteiger partial charge in [0.05, 0.1) is 11.8 Å². The zero-order chi connectivity index (χ0) is 14.7. The van der Waals surface area contributed by atoms with E-state index in [1.165, 1.54) is 0 Å². The van der Waals surface area contributed by atoms with Gasteiger partial charge in [-0.25, -0.2) is 0 Å². The predicted octanol–water partition coefficient (Wildman–Crippen LogP) is 1.43. The number of nitrogens with two attached hydrogens (primary N) is 1. The van der Waals surface area contributed by atoms with Crippen LogP contribution >= 0.6 is 0 Å². The predicted molar refractivity (Wildman–Crippen MR) is 78.2 cm³/mol. The maximum absolute atomic E-state index is 12.0. The van der Waals surface area contributed by atoms with E-state index < -0.39 is 0 Å². The van der Waals surface area contributed by atoms with Crippen LogP contribution in [0.5, 0.6) is 0 Å². The SMILES string of the molecule is Cc1cc(CN)cc(C)c1CNC(=O)c1cnn(C)c1. The summed E-state index contributed by atoms with van der Waals surface area (Å²) in [5.41, 5.74) is 10.8. The molecular weight excluding hydrogens is 252 g/mol. The molecule has 0 radical (unpaired) electrons. The van der Waals surface area contributed by atoms with Crippen LogP contribution in [-0.2, 0) is 20.1 Å². The summed E-state index contributed by atoms with van der Waals surface area (Å²) in [7, 11) is 1.79. The number of amides is 1. The first-order valence-electron chi connectivity index (χ1n) is 6.57. The highest BCUT2D eigenvalue weighted by Crippen LogP contribution is 2.16. The highest BCUT2D eigenvalue weighted by molar-refractivity contribution is 5.93. The van der Waals surface area contributed by atoms with Crippen LogP contribution in [0.1, 0.15) is 32.6 Å². The Morgan fingerprint density at radius 3 is 2.50 bits per heavy atom. The molecule has 0 unspecified atom stereocenters. The summed E-state index contributed by atoms with van der Waals surface area (Å²) in [6.45, 7) is 5.12. The Hall–Kier alpha value is -2.14. The number of carbonyl (C=O) groups excluding carboxylic acids is 1.